The Balaban J connectivity index is 1.69. The second-order valence-corrected chi connectivity index (χ2v) is 7.48. The molecule has 102 valence electrons. The van der Waals surface area contributed by atoms with Crippen LogP contribution in [0.5, 0.6) is 0 Å². The SMILES string of the molecule is CCNc1nnc(SCCSc2ccc(Cl)cc2)s1. The fourth-order valence-electron chi connectivity index (χ4n) is 1.31. The highest BCUT2D eigenvalue weighted by Crippen LogP contribution is 2.27. The van der Waals surface area contributed by atoms with Crippen molar-refractivity contribution in [3.8, 4) is 0 Å². The number of nitrogens with zero attached hydrogens (tertiary/aromatic N) is 2. The van der Waals surface area contributed by atoms with Gasteiger partial charge in [0, 0.05) is 28.0 Å². The highest BCUT2D eigenvalue weighted by molar-refractivity contribution is 8.03. The third-order valence-corrected chi connectivity index (χ3v) is 5.67. The summed E-state index contributed by atoms with van der Waals surface area (Å²) >= 11 is 11.0. The second kappa shape index (κ2) is 7.99. The van der Waals surface area contributed by atoms with Crippen LogP contribution in [0.2, 0.25) is 5.02 Å². The number of benzene rings is 1. The third-order valence-electron chi connectivity index (χ3n) is 2.13. The molecule has 1 heterocycles. The average Bonchev–Trinajstić information content (AvgIpc) is 2.85. The van der Waals surface area contributed by atoms with Gasteiger partial charge in [-0.05, 0) is 31.2 Å². The first-order valence-corrected chi connectivity index (χ1v) is 9.03. The highest BCUT2D eigenvalue weighted by Gasteiger charge is 2.03. The normalized spacial score (nSPS) is 10.6. The van der Waals surface area contributed by atoms with Crippen LogP contribution in [0.1, 0.15) is 6.92 Å². The Bertz CT molecular complexity index is 501. The van der Waals surface area contributed by atoms with E-state index in [0.29, 0.717) is 0 Å². The molecule has 1 N–H and O–H groups in total. The van der Waals surface area contributed by atoms with Gasteiger partial charge in [-0.2, -0.15) is 0 Å². The quantitative estimate of drug-likeness (QED) is 0.597. The van der Waals surface area contributed by atoms with Crippen LogP contribution >= 0.6 is 46.5 Å². The van der Waals surface area contributed by atoms with E-state index in [9.17, 15) is 0 Å². The number of anilines is 1. The van der Waals surface area contributed by atoms with E-state index in [0.717, 1.165) is 32.5 Å². The van der Waals surface area contributed by atoms with Gasteiger partial charge in [-0.25, -0.2) is 0 Å². The largest absolute Gasteiger partial charge is 0.360 e. The Kier molecular flexibility index (Phi) is 6.30. The van der Waals surface area contributed by atoms with Crippen molar-refractivity contribution in [3.63, 3.8) is 0 Å². The highest BCUT2D eigenvalue weighted by atomic mass is 35.5. The van der Waals surface area contributed by atoms with Crippen LogP contribution in [0.15, 0.2) is 33.5 Å². The summed E-state index contributed by atoms with van der Waals surface area (Å²) in [6.45, 7) is 2.93. The summed E-state index contributed by atoms with van der Waals surface area (Å²) in [5.74, 6) is 2.07. The first kappa shape index (κ1) is 15.0. The summed E-state index contributed by atoms with van der Waals surface area (Å²) < 4.78 is 1.02. The van der Waals surface area contributed by atoms with Crippen LogP contribution in [0.3, 0.4) is 0 Å². The van der Waals surface area contributed by atoms with E-state index in [1.54, 1.807) is 23.1 Å². The molecule has 0 saturated carbocycles. The van der Waals surface area contributed by atoms with E-state index in [2.05, 4.69) is 22.4 Å². The van der Waals surface area contributed by atoms with Gasteiger partial charge in [0.15, 0.2) is 4.34 Å². The zero-order chi connectivity index (χ0) is 13.5. The van der Waals surface area contributed by atoms with E-state index in [4.69, 9.17) is 11.6 Å². The molecule has 19 heavy (non-hydrogen) atoms. The number of hydrogen-bond donors (Lipinski definition) is 1. The van der Waals surface area contributed by atoms with Crippen LogP contribution in [-0.2, 0) is 0 Å². The minimum atomic E-state index is 0.781. The van der Waals surface area contributed by atoms with Crippen molar-refractivity contribution >= 4 is 51.6 Å². The van der Waals surface area contributed by atoms with Gasteiger partial charge in [0.2, 0.25) is 5.13 Å². The van der Waals surface area contributed by atoms with Crippen LogP contribution in [0.25, 0.3) is 0 Å². The maximum absolute atomic E-state index is 5.85. The molecule has 0 bridgehead atoms. The maximum atomic E-state index is 5.85. The summed E-state index contributed by atoms with van der Waals surface area (Å²) in [4.78, 5) is 1.25. The molecule has 2 rings (SSSR count). The Morgan fingerprint density at radius 1 is 1.16 bits per heavy atom. The van der Waals surface area contributed by atoms with Gasteiger partial charge in [-0.3, -0.25) is 0 Å². The van der Waals surface area contributed by atoms with Gasteiger partial charge < -0.3 is 5.32 Å². The second-order valence-electron chi connectivity index (χ2n) is 3.55. The van der Waals surface area contributed by atoms with Gasteiger partial charge in [-0.15, -0.1) is 22.0 Å². The zero-order valence-corrected chi connectivity index (χ0v) is 13.6. The van der Waals surface area contributed by atoms with E-state index >= 15 is 0 Å². The molecule has 0 aliphatic heterocycles. The number of aromatic nitrogens is 2. The molecule has 0 fully saturated rings. The Labute approximate surface area is 130 Å². The lowest BCUT2D eigenvalue weighted by atomic mass is 10.4. The number of rotatable bonds is 7. The summed E-state index contributed by atoms with van der Waals surface area (Å²) in [5, 5.41) is 13.0. The first-order valence-electron chi connectivity index (χ1n) is 5.86. The Morgan fingerprint density at radius 3 is 2.63 bits per heavy atom. The predicted molar refractivity (Wildman–Crippen MR) is 87.0 cm³/mol. The van der Waals surface area contributed by atoms with Gasteiger partial charge in [0.25, 0.3) is 0 Å². The molecule has 0 aliphatic carbocycles. The first-order chi connectivity index (χ1) is 9.28. The molecule has 3 nitrogen and oxygen atoms in total. The van der Waals surface area contributed by atoms with Crippen LogP contribution in [0.4, 0.5) is 5.13 Å². The summed E-state index contributed by atoms with van der Waals surface area (Å²) in [5.41, 5.74) is 0. The maximum Gasteiger partial charge on any atom is 0.206 e. The average molecular weight is 332 g/mol. The molecular weight excluding hydrogens is 318 g/mol. The van der Waals surface area contributed by atoms with Gasteiger partial charge >= 0.3 is 0 Å². The summed E-state index contributed by atoms with van der Waals surface area (Å²) in [7, 11) is 0. The molecule has 0 spiro atoms. The van der Waals surface area contributed by atoms with Crippen molar-refractivity contribution in [2.75, 3.05) is 23.4 Å². The van der Waals surface area contributed by atoms with Crippen LogP contribution in [-0.4, -0.2) is 28.2 Å². The molecular formula is C12H14ClN3S3. The molecule has 0 unspecified atom stereocenters. The lowest BCUT2D eigenvalue weighted by molar-refractivity contribution is 1.00. The molecule has 0 amide bonds. The molecule has 7 heteroatoms. The van der Waals surface area contributed by atoms with Crippen LogP contribution in [0, 0.1) is 0 Å². The minimum Gasteiger partial charge on any atom is -0.360 e. The van der Waals surface area contributed by atoms with E-state index < -0.39 is 0 Å². The summed E-state index contributed by atoms with van der Waals surface area (Å²) in [6, 6.07) is 7.94. The number of halogens is 1. The predicted octanol–water partition coefficient (Wildman–Crippen LogP) is 4.51. The fourth-order valence-corrected chi connectivity index (χ4v) is 4.21. The molecule has 0 saturated heterocycles. The van der Waals surface area contributed by atoms with Crippen molar-refractivity contribution in [1.82, 2.24) is 10.2 Å². The van der Waals surface area contributed by atoms with Crippen molar-refractivity contribution in [1.29, 1.82) is 0 Å². The van der Waals surface area contributed by atoms with E-state index in [-0.39, 0.29) is 0 Å². The van der Waals surface area contributed by atoms with Crippen molar-refractivity contribution in [3.05, 3.63) is 29.3 Å². The summed E-state index contributed by atoms with van der Waals surface area (Å²) in [6.07, 6.45) is 0. The molecule has 2 aromatic rings. The zero-order valence-electron chi connectivity index (χ0n) is 10.4. The van der Waals surface area contributed by atoms with Crippen LogP contribution < -0.4 is 5.32 Å². The van der Waals surface area contributed by atoms with Gasteiger partial charge in [-0.1, -0.05) is 34.7 Å². The molecule has 1 aromatic carbocycles. The molecule has 1 aromatic heterocycles. The Morgan fingerprint density at radius 2 is 1.89 bits per heavy atom. The minimum absolute atomic E-state index is 0.781. The third kappa shape index (κ3) is 5.22. The molecule has 0 atom stereocenters. The van der Waals surface area contributed by atoms with Gasteiger partial charge in [0.1, 0.15) is 0 Å². The molecule has 0 aliphatic rings. The Hall–Kier alpha value is -0.430. The van der Waals surface area contributed by atoms with E-state index in [1.165, 1.54) is 4.90 Å². The standard InChI is InChI=1S/C12H14ClN3S3/c1-2-14-11-15-16-12(19-11)18-8-7-17-10-5-3-9(13)4-6-10/h3-6H,2,7-8H2,1H3,(H,14,15). The monoisotopic (exact) mass is 331 g/mol. The van der Waals surface area contributed by atoms with Gasteiger partial charge in [0.05, 0.1) is 0 Å². The topological polar surface area (TPSA) is 37.8 Å². The molecule has 0 radical (unpaired) electrons. The fraction of sp³-hybridized carbons (Fsp3) is 0.333. The number of hydrogen-bond acceptors (Lipinski definition) is 6. The lowest BCUT2D eigenvalue weighted by Gasteiger charge is -2.00. The van der Waals surface area contributed by atoms with Crippen molar-refractivity contribution in [2.45, 2.75) is 16.2 Å². The van der Waals surface area contributed by atoms with Crippen molar-refractivity contribution in [2.24, 2.45) is 0 Å². The van der Waals surface area contributed by atoms with Crippen molar-refractivity contribution < 1.29 is 0 Å². The smallest absolute Gasteiger partial charge is 0.206 e. The lowest BCUT2D eigenvalue weighted by Crippen LogP contribution is -1.94. The number of nitrogens with one attached hydrogen (secondary N) is 1. The number of thioether (sulfide) groups is 2. The van der Waals surface area contributed by atoms with E-state index in [1.807, 2.05) is 36.0 Å².